The smallest absolute Gasteiger partial charge is 0.0102 e. The first kappa shape index (κ1) is 13.2. The van der Waals surface area contributed by atoms with Gasteiger partial charge in [-0.3, -0.25) is 4.21 Å². The van der Waals surface area contributed by atoms with Crippen molar-refractivity contribution in [3.8, 4) is 0 Å². The predicted molar refractivity (Wildman–Crippen MR) is 63.3 cm³/mol. The average Bonchev–Trinajstić information content (AvgIpc) is 2.17. The van der Waals surface area contributed by atoms with Gasteiger partial charge < -0.3 is 4.55 Å². The largest absolute Gasteiger partial charge is 0.772 e. The molecular formula is C12H23O2S-. The van der Waals surface area contributed by atoms with Gasteiger partial charge in [0.15, 0.2) is 0 Å². The molecule has 1 aliphatic carbocycles. The summed E-state index contributed by atoms with van der Waals surface area (Å²) in [5, 5.41) is 0. The van der Waals surface area contributed by atoms with E-state index in [0.29, 0.717) is 5.75 Å². The SMILES string of the molecule is CC1CCC(C)C(CCCCS(=O)[O-])C1. The maximum absolute atomic E-state index is 10.4. The maximum Gasteiger partial charge on any atom is 0.0102 e. The molecule has 1 saturated carbocycles. The van der Waals surface area contributed by atoms with Crippen molar-refractivity contribution in [2.75, 3.05) is 5.75 Å². The van der Waals surface area contributed by atoms with Crippen LogP contribution in [-0.2, 0) is 11.1 Å². The van der Waals surface area contributed by atoms with Gasteiger partial charge in [0, 0.05) is 5.75 Å². The molecule has 0 saturated heterocycles. The molecule has 1 rings (SSSR count). The predicted octanol–water partition coefficient (Wildman–Crippen LogP) is 3.11. The first-order valence-electron chi connectivity index (χ1n) is 6.15. The van der Waals surface area contributed by atoms with E-state index in [2.05, 4.69) is 13.8 Å². The molecular weight excluding hydrogens is 208 g/mol. The van der Waals surface area contributed by atoms with Crippen LogP contribution >= 0.6 is 0 Å². The van der Waals surface area contributed by atoms with Gasteiger partial charge >= 0.3 is 0 Å². The van der Waals surface area contributed by atoms with Gasteiger partial charge in [-0.05, 0) is 30.6 Å². The van der Waals surface area contributed by atoms with Crippen molar-refractivity contribution in [3.05, 3.63) is 0 Å². The summed E-state index contributed by atoms with van der Waals surface area (Å²) < 4.78 is 20.7. The Morgan fingerprint density at radius 1 is 1.27 bits per heavy atom. The molecule has 0 aromatic heterocycles. The lowest BCUT2D eigenvalue weighted by molar-refractivity contribution is 0.190. The molecule has 90 valence electrons. The van der Waals surface area contributed by atoms with Crippen molar-refractivity contribution in [1.82, 2.24) is 0 Å². The van der Waals surface area contributed by atoms with Gasteiger partial charge in [0.1, 0.15) is 0 Å². The zero-order chi connectivity index (χ0) is 11.3. The van der Waals surface area contributed by atoms with Crippen LogP contribution in [0.3, 0.4) is 0 Å². The molecule has 0 aromatic rings. The Hall–Kier alpha value is 0.110. The van der Waals surface area contributed by atoms with Crippen molar-refractivity contribution in [2.24, 2.45) is 17.8 Å². The van der Waals surface area contributed by atoms with Crippen LogP contribution in [0, 0.1) is 17.8 Å². The van der Waals surface area contributed by atoms with Gasteiger partial charge in [-0.25, -0.2) is 0 Å². The van der Waals surface area contributed by atoms with Crippen molar-refractivity contribution >= 4 is 11.1 Å². The molecule has 4 atom stereocenters. The van der Waals surface area contributed by atoms with E-state index in [1.54, 1.807) is 0 Å². The minimum Gasteiger partial charge on any atom is -0.772 e. The van der Waals surface area contributed by atoms with Crippen LogP contribution in [-0.4, -0.2) is 14.5 Å². The molecule has 0 bridgehead atoms. The Morgan fingerprint density at radius 2 is 2.00 bits per heavy atom. The van der Waals surface area contributed by atoms with E-state index < -0.39 is 11.1 Å². The molecule has 0 heterocycles. The average molecular weight is 231 g/mol. The lowest BCUT2D eigenvalue weighted by Crippen LogP contribution is -2.21. The molecule has 0 radical (unpaired) electrons. The van der Waals surface area contributed by atoms with Gasteiger partial charge in [-0.1, -0.05) is 50.6 Å². The molecule has 0 N–H and O–H groups in total. The summed E-state index contributed by atoms with van der Waals surface area (Å²) in [5.41, 5.74) is 0. The highest BCUT2D eigenvalue weighted by atomic mass is 32.2. The number of unbranched alkanes of at least 4 members (excludes halogenated alkanes) is 1. The van der Waals surface area contributed by atoms with Crippen LogP contribution in [0.2, 0.25) is 0 Å². The molecule has 1 aliphatic rings. The molecule has 3 heteroatoms. The third kappa shape index (κ3) is 5.12. The monoisotopic (exact) mass is 231 g/mol. The summed E-state index contributed by atoms with van der Waals surface area (Å²) in [4.78, 5) is 0. The Bertz CT molecular complexity index is 206. The van der Waals surface area contributed by atoms with Crippen molar-refractivity contribution in [2.45, 2.75) is 52.4 Å². The van der Waals surface area contributed by atoms with Crippen LogP contribution in [0.1, 0.15) is 52.4 Å². The highest BCUT2D eigenvalue weighted by Crippen LogP contribution is 2.36. The fraction of sp³-hybridized carbons (Fsp3) is 1.00. The maximum atomic E-state index is 10.4. The zero-order valence-corrected chi connectivity index (χ0v) is 10.7. The van der Waals surface area contributed by atoms with E-state index in [1.165, 1.54) is 25.7 Å². The van der Waals surface area contributed by atoms with Gasteiger partial charge in [-0.15, -0.1) is 0 Å². The fourth-order valence-corrected chi connectivity index (χ4v) is 3.12. The van der Waals surface area contributed by atoms with Crippen molar-refractivity contribution in [3.63, 3.8) is 0 Å². The summed E-state index contributed by atoms with van der Waals surface area (Å²) in [6.07, 6.45) is 7.23. The van der Waals surface area contributed by atoms with E-state index in [0.717, 1.165) is 30.6 Å². The van der Waals surface area contributed by atoms with E-state index >= 15 is 0 Å². The summed E-state index contributed by atoms with van der Waals surface area (Å²) in [7, 11) is 0. The molecule has 15 heavy (non-hydrogen) atoms. The number of hydrogen-bond acceptors (Lipinski definition) is 2. The fourth-order valence-electron chi connectivity index (χ4n) is 2.68. The van der Waals surface area contributed by atoms with E-state index in [1.807, 2.05) is 0 Å². The first-order valence-corrected chi connectivity index (χ1v) is 7.40. The van der Waals surface area contributed by atoms with Gasteiger partial charge in [0.05, 0.1) is 0 Å². The molecule has 0 spiro atoms. The van der Waals surface area contributed by atoms with E-state index in [-0.39, 0.29) is 0 Å². The summed E-state index contributed by atoms with van der Waals surface area (Å²) in [6, 6.07) is 0. The van der Waals surface area contributed by atoms with Crippen LogP contribution in [0.4, 0.5) is 0 Å². The summed E-state index contributed by atoms with van der Waals surface area (Å²) in [5.74, 6) is 2.91. The minimum atomic E-state index is -1.84. The quantitative estimate of drug-likeness (QED) is 0.539. The topological polar surface area (TPSA) is 40.1 Å². The van der Waals surface area contributed by atoms with E-state index in [4.69, 9.17) is 0 Å². The Balaban J connectivity index is 2.16. The molecule has 4 unspecified atom stereocenters. The normalized spacial score (nSPS) is 33.9. The second-order valence-corrected chi connectivity index (χ2v) is 6.17. The van der Waals surface area contributed by atoms with Crippen LogP contribution in [0.5, 0.6) is 0 Å². The summed E-state index contributed by atoms with van der Waals surface area (Å²) in [6.45, 7) is 4.69. The number of hydrogen-bond donors (Lipinski definition) is 0. The van der Waals surface area contributed by atoms with Gasteiger partial charge in [-0.2, -0.15) is 0 Å². The Labute approximate surface area is 96.1 Å². The standard InChI is InChI=1S/C12H24O2S/c1-10-6-7-11(2)12(9-10)5-3-4-8-15(13)14/h10-12H,3-9H2,1-2H3,(H,13,14)/p-1. The third-order valence-electron chi connectivity index (χ3n) is 3.76. The molecule has 0 aliphatic heterocycles. The van der Waals surface area contributed by atoms with Crippen LogP contribution in [0.25, 0.3) is 0 Å². The molecule has 0 amide bonds. The second kappa shape index (κ2) is 6.64. The van der Waals surface area contributed by atoms with Crippen molar-refractivity contribution in [1.29, 1.82) is 0 Å². The Morgan fingerprint density at radius 3 is 2.67 bits per heavy atom. The number of rotatable bonds is 5. The Kier molecular flexibility index (Phi) is 5.83. The zero-order valence-electron chi connectivity index (χ0n) is 9.91. The minimum absolute atomic E-state index is 0.344. The van der Waals surface area contributed by atoms with E-state index in [9.17, 15) is 8.76 Å². The summed E-state index contributed by atoms with van der Waals surface area (Å²) >= 11 is -1.84. The molecule has 1 fully saturated rings. The first-order chi connectivity index (χ1) is 7.09. The van der Waals surface area contributed by atoms with Crippen LogP contribution in [0.15, 0.2) is 0 Å². The van der Waals surface area contributed by atoms with Crippen LogP contribution < -0.4 is 0 Å². The highest BCUT2D eigenvalue weighted by Gasteiger charge is 2.24. The third-order valence-corrected chi connectivity index (χ3v) is 4.38. The second-order valence-electron chi connectivity index (χ2n) is 5.16. The lowest BCUT2D eigenvalue weighted by atomic mass is 9.73. The lowest BCUT2D eigenvalue weighted by Gasteiger charge is -2.32. The van der Waals surface area contributed by atoms with Crippen molar-refractivity contribution < 1.29 is 8.76 Å². The van der Waals surface area contributed by atoms with Gasteiger partial charge in [0.2, 0.25) is 0 Å². The highest BCUT2D eigenvalue weighted by molar-refractivity contribution is 7.79. The van der Waals surface area contributed by atoms with Gasteiger partial charge in [0.25, 0.3) is 0 Å². The molecule has 0 aromatic carbocycles. The molecule has 2 nitrogen and oxygen atoms in total.